The second kappa shape index (κ2) is 7.56. The quantitative estimate of drug-likeness (QED) is 0.810. The van der Waals surface area contributed by atoms with Gasteiger partial charge in [0.1, 0.15) is 10.6 Å². The molecular weight excluding hydrogens is 284 g/mol. The molecule has 6 heteroatoms. The number of hydrogen-bond acceptors (Lipinski definition) is 6. The second-order valence-corrected chi connectivity index (χ2v) is 5.81. The molecule has 0 amide bonds. The lowest BCUT2D eigenvalue weighted by atomic mass is 10.1. The Hall–Kier alpha value is -1.40. The Bertz CT molecular complexity index is 568. The molecule has 116 valence electrons. The summed E-state index contributed by atoms with van der Waals surface area (Å²) < 4.78 is 5.28. The first kappa shape index (κ1) is 16.0. The number of nitrogens with zero attached hydrogens (tertiary/aromatic N) is 3. The van der Waals surface area contributed by atoms with Crippen molar-refractivity contribution in [3.05, 3.63) is 11.4 Å². The minimum absolute atomic E-state index is 0.461. The first-order chi connectivity index (χ1) is 10.2. The number of fused-ring (bicyclic) bond motifs is 1. The molecule has 2 heterocycles. The number of aromatic nitrogens is 2. The van der Waals surface area contributed by atoms with Gasteiger partial charge in [-0.05, 0) is 24.3 Å². The number of anilines is 2. The first-order valence-corrected chi connectivity index (χ1v) is 8.31. The lowest BCUT2D eigenvalue weighted by Crippen LogP contribution is -2.38. The van der Waals surface area contributed by atoms with E-state index in [0.717, 1.165) is 35.4 Å². The molecule has 0 aliphatic heterocycles. The maximum atomic E-state index is 5.28. The van der Waals surface area contributed by atoms with Crippen molar-refractivity contribution in [1.82, 2.24) is 9.97 Å². The third-order valence-electron chi connectivity index (χ3n) is 3.72. The minimum atomic E-state index is 0.461. The Kier molecular flexibility index (Phi) is 5.76. The highest BCUT2D eigenvalue weighted by Gasteiger charge is 2.20. The molecule has 0 saturated heterocycles. The van der Waals surface area contributed by atoms with Gasteiger partial charge in [-0.3, -0.25) is 0 Å². The first-order valence-electron chi connectivity index (χ1n) is 7.43. The molecule has 21 heavy (non-hydrogen) atoms. The van der Waals surface area contributed by atoms with E-state index in [0.29, 0.717) is 18.6 Å². The fourth-order valence-corrected chi connectivity index (χ4v) is 3.31. The van der Waals surface area contributed by atoms with Crippen LogP contribution in [0.1, 0.15) is 26.7 Å². The Balaban J connectivity index is 2.48. The second-order valence-electron chi connectivity index (χ2n) is 4.92. The molecule has 0 aliphatic rings. The van der Waals surface area contributed by atoms with Crippen LogP contribution in [-0.2, 0) is 4.74 Å². The molecule has 0 unspecified atom stereocenters. The normalized spacial score (nSPS) is 11.3. The maximum absolute atomic E-state index is 5.28. The fraction of sp³-hybridized carbons (Fsp3) is 0.600. The zero-order chi connectivity index (χ0) is 15.2. The molecule has 0 spiro atoms. The number of thiophene rings is 1. The summed E-state index contributed by atoms with van der Waals surface area (Å²) >= 11 is 1.65. The number of ether oxygens (including phenoxy) is 1. The highest BCUT2D eigenvalue weighted by molar-refractivity contribution is 7.16. The molecule has 0 aromatic carbocycles. The van der Waals surface area contributed by atoms with E-state index < -0.39 is 0 Å². The lowest BCUT2D eigenvalue weighted by molar-refractivity contribution is 0.202. The van der Waals surface area contributed by atoms with Crippen molar-refractivity contribution in [3.63, 3.8) is 0 Å². The van der Waals surface area contributed by atoms with Crippen LogP contribution in [0.25, 0.3) is 10.2 Å². The molecule has 5 nitrogen and oxygen atoms in total. The highest BCUT2D eigenvalue weighted by atomic mass is 32.1. The van der Waals surface area contributed by atoms with Gasteiger partial charge >= 0.3 is 0 Å². The molecule has 0 saturated carbocycles. The molecular formula is C15H24N4OS. The van der Waals surface area contributed by atoms with E-state index in [2.05, 4.69) is 40.5 Å². The Morgan fingerprint density at radius 2 is 2.10 bits per heavy atom. The van der Waals surface area contributed by atoms with Gasteiger partial charge in [-0.1, -0.05) is 13.8 Å². The largest absolute Gasteiger partial charge is 0.383 e. The molecule has 2 aromatic rings. The van der Waals surface area contributed by atoms with Crippen molar-refractivity contribution in [2.75, 3.05) is 37.5 Å². The summed E-state index contributed by atoms with van der Waals surface area (Å²) in [6.07, 6.45) is 2.18. The van der Waals surface area contributed by atoms with E-state index in [4.69, 9.17) is 9.72 Å². The minimum Gasteiger partial charge on any atom is -0.383 e. The summed E-state index contributed by atoms with van der Waals surface area (Å²) in [6.45, 7) is 5.98. The summed E-state index contributed by atoms with van der Waals surface area (Å²) in [5, 5.41) is 6.26. The molecule has 2 aromatic heterocycles. The topological polar surface area (TPSA) is 50.3 Å². The van der Waals surface area contributed by atoms with Crippen LogP contribution in [0.5, 0.6) is 0 Å². The molecule has 0 radical (unpaired) electrons. The van der Waals surface area contributed by atoms with Crippen LogP contribution in [0.15, 0.2) is 11.4 Å². The van der Waals surface area contributed by atoms with Gasteiger partial charge in [-0.2, -0.15) is 4.98 Å². The summed E-state index contributed by atoms with van der Waals surface area (Å²) in [5.74, 6) is 1.68. The average Bonchev–Trinajstić information content (AvgIpc) is 2.99. The highest BCUT2D eigenvalue weighted by Crippen LogP contribution is 2.31. The van der Waals surface area contributed by atoms with Gasteiger partial charge in [0.15, 0.2) is 0 Å². The standard InChI is InChI=1S/C15H24N4OS/c1-5-11(6-2)19(8-9-20-4)13-12-7-10-21-14(12)18-15(16-3)17-13/h7,10-11H,5-6,8-9H2,1-4H3,(H,16,17,18). The number of methoxy groups -OCH3 is 1. The van der Waals surface area contributed by atoms with Crippen LogP contribution in [0.2, 0.25) is 0 Å². The van der Waals surface area contributed by atoms with E-state index in [1.165, 1.54) is 0 Å². The van der Waals surface area contributed by atoms with Crippen LogP contribution < -0.4 is 10.2 Å². The van der Waals surface area contributed by atoms with Crippen molar-refractivity contribution >= 4 is 33.3 Å². The van der Waals surface area contributed by atoms with Gasteiger partial charge in [0, 0.05) is 26.7 Å². The molecule has 0 bridgehead atoms. The van der Waals surface area contributed by atoms with Crippen LogP contribution >= 0.6 is 11.3 Å². The third-order valence-corrected chi connectivity index (χ3v) is 4.53. The zero-order valence-corrected chi connectivity index (χ0v) is 14.0. The SMILES string of the molecule is CCC(CC)N(CCOC)c1nc(NC)nc2sccc12. The van der Waals surface area contributed by atoms with Crippen molar-refractivity contribution < 1.29 is 4.74 Å². The Morgan fingerprint density at radius 1 is 1.33 bits per heavy atom. The summed E-state index contributed by atoms with van der Waals surface area (Å²) in [7, 11) is 3.60. The van der Waals surface area contributed by atoms with Crippen molar-refractivity contribution in [3.8, 4) is 0 Å². The van der Waals surface area contributed by atoms with Crippen molar-refractivity contribution in [1.29, 1.82) is 0 Å². The predicted molar refractivity (Wildman–Crippen MR) is 90.6 cm³/mol. The lowest BCUT2D eigenvalue weighted by Gasteiger charge is -2.32. The van der Waals surface area contributed by atoms with E-state index in [1.807, 2.05) is 7.05 Å². The predicted octanol–water partition coefficient (Wildman–Crippen LogP) is 3.37. The van der Waals surface area contributed by atoms with Gasteiger partial charge in [-0.25, -0.2) is 4.98 Å². The van der Waals surface area contributed by atoms with E-state index in [1.54, 1.807) is 18.4 Å². The third kappa shape index (κ3) is 3.44. The van der Waals surface area contributed by atoms with Crippen molar-refractivity contribution in [2.24, 2.45) is 0 Å². The van der Waals surface area contributed by atoms with Gasteiger partial charge in [0.25, 0.3) is 0 Å². The summed E-state index contributed by atoms with van der Waals surface area (Å²) in [4.78, 5) is 12.6. The summed E-state index contributed by atoms with van der Waals surface area (Å²) in [6, 6.07) is 2.57. The smallest absolute Gasteiger partial charge is 0.225 e. The van der Waals surface area contributed by atoms with E-state index in [9.17, 15) is 0 Å². The van der Waals surface area contributed by atoms with Crippen LogP contribution in [0, 0.1) is 0 Å². The molecule has 0 aliphatic carbocycles. The van der Waals surface area contributed by atoms with Crippen molar-refractivity contribution in [2.45, 2.75) is 32.7 Å². The van der Waals surface area contributed by atoms with Gasteiger partial charge in [-0.15, -0.1) is 11.3 Å². The average molecular weight is 308 g/mol. The number of nitrogens with one attached hydrogen (secondary N) is 1. The monoisotopic (exact) mass is 308 g/mol. The maximum Gasteiger partial charge on any atom is 0.225 e. The molecule has 0 atom stereocenters. The number of rotatable bonds is 8. The molecule has 2 rings (SSSR count). The number of hydrogen-bond donors (Lipinski definition) is 1. The van der Waals surface area contributed by atoms with Crippen LogP contribution in [-0.4, -0.2) is 43.3 Å². The molecule has 1 N–H and O–H groups in total. The fourth-order valence-electron chi connectivity index (χ4n) is 2.55. The van der Waals surface area contributed by atoms with E-state index >= 15 is 0 Å². The van der Waals surface area contributed by atoms with Crippen LogP contribution in [0.3, 0.4) is 0 Å². The zero-order valence-electron chi connectivity index (χ0n) is 13.2. The van der Waals surface area contributed by atoms with Crippen LogP contribution in [0.4, 0.5) is 11.8 Å². The van der Waals surface area contributed by atoms with Gasteiger partial charge < -0.3 is 15.0 Å². The van der Waals surface area contributed by atoms with Gasteiger partial charge in [0.2, 0.25) is 5.95 Å². The Morgan fingerprint density at radius 3 is 2.71 bits per heavy atom. The van der Waals surface area contributed by atoms with E-state index in [-0.39, 0.29) is 0 Å². The molecule has 0 fully saturated rings. The summed E-state index contributed by atoms with van der Waals surface area (Å²) in [5.41, 5.74) is 0. The Labute approximate surface area is 130 Å². The van der Waals surface area contributed by atoms with Gasteiger partial charge in [0.05, 0.1) is 12.0 Å².